The number of amides is 1. The normalized spacial score (nSPS) is 17.6. The zero-order valence-corrected chi connectivity index (χ0v) is 12.1. The maximum Gasteiger partial charge on any atom is 0.226 e. The van der Waals surface area contributed by atoms with Gasteiger partial charge in [-0.1, -0.05) is 29.0 Å². The number of carbonyl (C=O) groups excluding carboxylic acids is 1. The highest BCUT2D eigenvalue weighted by atomic mass is 35.5. The molecule has 0 radical (unpaired) electrons. The summed E-state index contributed by atoms with van der Waals surface area (Å²) in [5.41, 5.74) is 0.746. The highest BCUT2D eigenvalue weighted by molar-refractivity contribution is 7.16. The molecule has 0 saturated carbocycles. The van der Waals surface area contributed by atoms with E-state index in [0.717, 1.165) is 15.6 Å². The van der Waals surface area contributed by atoms with Crippen molar-refractivity contribution in [2.45, 2.75) is 12.3 Å². The van der Waals surface area contributed by atoms with Gasteiger partial charge in [-0.15, -0.1) is 0 Å². The van der Waals surface area contributed by atoms with Crippen LogP contribution >= 0.6 is 22.9 Å². The van der Waals surface area contributed by atoms with Gasteiger partial charge in [-0.2, -0.15) is 0 Å². The second-order valence-corrected chi connectivity index (χ2v) is 5.89. The number of fused-ring (bicyclic) bond motifs is 1. The molecule has 1 atom stereocenters. The molecule has 104 valence electrons. The van der Waals surface area contributed by atoms with Gasteiger partial charge in [0, 0.05) is 24.4 Å². The molecular formula is C13H11ClFN3OS. The number of benzene rings is 1. The highest BCUT2D eigenvalue weighted by Crippen LogP contribution is 2.43. The first-order chi connectivity index (χ1) is 9.58. The molecule has 7 heteroatoms. The Morgan fingerprint density at radius 2 is 2.35 bits per heavy atom. The Labute approximate surface area is 124 Å². The van der Waals surface area contributed by atoms with Crippen LogP contribution in [0.15, 0.2) is 18.2 Å². The van der Waals surface area contributed by atoms with Crippen LogP contribution in [0.1, 0.15) is 22.8 Å². The van der Waals surface area contributed by atoms with Gasteiger partial charge in [0.15, 0.2) is 5.13 Å². The summed E-state index contributed by atoms with van der Waals surface area (Å²) < 4.78 is 13.2. The van der Waals surface area contributed by atoms with Crippen LogP contribution in [0.2, 0.25) is 5.02 Å². The lowest BCUT2D eigenvalue weighted by molar-refractivity contribution is -0.116. The summed E-state index contributed by atoms with van der Waals surface area (Å²) in [4.78, 5) is 17.0. The van der Waals surface area contributed by atoms with E-state index < -0.39 is 0 Å². The summed E-state index contributed by atoms with van der Waals surface area (Å²) in [6.45, 7) is 0. The Morgan fingerprint density at radius 1 is 1.55 bits per heavy atom. The van der Waals surface area contributed by atoms with E-state index in [1.807, 2.05) is 0 Å². The minimum absolute atomic E-state index is 0.115. The molecule has 20 heavy (non-hydrogen) atoms. The number of hydrogen-bond donors (Lipinski definition) is 2. The lowest BCUT2D eigenvalue weighted by Gasteiger charge is -2.22. The van der Waals surface area contributed by atoms with Crippen LogP contribution in [0.5, 0.6) is 0 Å². The van der Waals surface area contributed by atoms with Crippen LogP contribution in [0.25, 0.3) is 0 Å². The summed E-state index contributed by atoms with van der Waals surface area (Å²) in [5, 5.41) is 6.76. The second-order valence-electron chi connectivity index (χ2n) is 4.45. The van der Waals surface area contributed by atoms with Crippen LogP contribution in [0.3, 0.4) is 0 Å². The van der Waals surface area contributed by atoms with Gasteiger partial charge in [-0.05, 0) is 17.7 Å². The molecule has 0 bridgehead atoms. The van der Waals surface area contributed by atoms with E-state index in [4.69, 9.17) is 11.6 Å². The lowest BCUT2D eigenvalue weighted by atomic mass is 9.91. The summed E-state index contributed by atoms with van der Waals surface area (Å²) in [6.07, 6.45) is 0.281. The average molecular weight is 312 g/mol. The molecule has 3 rings (SSSR count). The zero-order valence-electron chi connectivity index (χ0n) is 10.5. The smallest absolute Gasteiger partial charge is 0.226 e. The predicted molar refractivity (Wildman–Crippen MR) is 78.2 cm³/mol. The Kier molecular flexibility index (Phi) is 3.35. The molecule has 1 aliphatic rings. The first-order valence-corrected chi connectivity index (χ1v) is 7.21. The number of aromatic nitrogens is 1. The number of anilines is 2. The maximum atomic E-state index is 13.2. The maximum absolute atomic E-state index is 13.2. The van der Waals surface area contributed by atoms with E-state index >= 15 is 0 Å². The summed E-state index contributed by atoms with van der Waals surface area (Å²) in [6, 6.07) is 4.25. The van der Waals surface area contributed by atoms with Crippen molar-refractivity contribution in [3.63, 3.8) is 0 Å². The second kappa shape index (κ2) is 5.03. The van der Waals surface area contributed by atoms with E-state index in [1.54, 1.807) is 13.1 Å². The molecule has 4 nitrogen and oxygen atoms in total. The third kappa shape index (κ3) is 2.25. The van der Waals surface area contributed by atoms with E-state index in [1.165, 1.54) is 23.5 Å². The molecule has 1 aromatic heterocycles. The number of rotatable bonds is 2. The average Bonchev–Trinajstić information content (AvgIpc) is 2.81. The SMILES string of the molecule is CNc1nc2c(s1)[C@@H](c1ccc(F)cc1Cl)CC(=O)N2. The Bertz CT molecular complexity index is 688. The fraction of sp³-hybridized carbons (Fsp3) is 0.231. The van der Waals surface area contributed by atoms with Crippen LogP contribution in [0.4, 0.5) is 15.3 Å². The van der Waals surface area contributed by atoms with Gasteiger partial charge in [-0.25, -0.2) is 9.37 Å². The van der Waals surface area contributed by atoms with Crippen molar-refractivity contribution in [1.82, 2.24) is 4.98 Å². The van der Waals surface area contributed by atoms with E-state index in [2.05, 4.69) is 15.6 Å². The van der Waals surface area contributed by atoms with Gasteiger partial charge in [0.05, 0.1) is 4.88 Å². The molecule has 0 spiro atoms. The van der Waals surface area contributed by atoms with Crippen LogP contribution < -0.4 is 10.6 Å². The minimum atomic E-state index is -0.389. The molecule has 1 aliphatic heterocycles. The number of nitrogens with zero attached hydrogens (tertiary/aromatic N) is 1. The van der Waals surface area contributed by atoms with Crippen molar-refractivity contribution in [2.24, 2.45) is 0 Å². The first kappa shape index (κ1) is 13.3. The molecule has 1 amide bonds. The van der Waals surface area contributed by atoms with Gasteiger partial charge >= 0.3 is 0 Å². The van der Waals surface area contributed by atoms with Gasteiger partial charge in [0.25, 0.3) is 0 Å². The Balaban J connectivity index is 2.10. The van der Waals surface area contributed by atoms with Crippen molar-refractivity contribution in [3.8, 4) is 0 Å². The fourth-order valence-electron chi connectivity index (χ4n) is 2.26. The molecule has 1 aromatic carbocycles. The summed E-state index contributed by atoms with van der Waals surface area (Å²) in [5.74, 6) is -0.136. The molecule has 2 heterocycles. The highest BCUT2D eigenvalue weighted by Gasteiger charge is 2.31. The number of carbonyl (C=O) groups is 1. The molecule has 0 saturated heterocycles. The topological polar surface area (TPSA) is 54.0 Å². The lowest BCUT2D eigenvalue weighted by Crippen LogP contribution is -2.22. The molecule has 2 N–H and O–H groups in total. The predicted octanol–water partition coefficient (Wildman–Crippen LogP) is 3.45. The van der Waals surface area contributed by atoms with E-state index in [-0.39, 0.29) is 24.1 Å². The zero-order chi connectivity index (χ0) is 14.3. The van der Waals surface area contributed by atoms with E-state index in [0.29, 0.717) is 10.8 Å². The number of hydrogen-bond acceptors (Lipinski definition) is 4. The first-order valence-electron chi connectivity index (χ1n) is 6.01. The van der Waals surface area contributed by atoms with Crippen LogP contribution in [0, 0.1) is 5.82 Å². The van der Waals surface area contributed by atoms with Gasteiger partial charge in [0.2, 0.25) is 5.91 Å². The largest absolute Gasteiger partial charge is 0.365 e. The third-order valence-corrected chi connectivity index (χ3v) is 4.68. The minimum Gasteiger partial charge on any atom is -0.365 e. The summed E-state index contributed by atoms with van der Waals surface area (Å²) in [7, 11) is 1.77. The van der Waals surface area contributed by atoms with Crippen molar-refractivity contribution < 1.29 is 9.18 Å². The van der Waals surface area contributed by atoms with Gasteiger partial charge in [-0.3, -0.25) is 4.79 Å². The third-order valence-electron chi connectivity index (χ3n) is 3.17. The number of nitrogens with one attached hydrogen (secondary N) is 2. The molecule has 0 aliphatic carbocycles. The Morgan fingerprint density at radius 3 is 3.05 bits per heavy atom. The molecule has 2 aromatic rings. The van der Waals surface area contributed by atoms with E-state index in [9.17, 15) is 9.18 Å². The van der Waals surface area contributed by atoms with Crippen LogP contribution in [-0.2, 0) is 4.79 Å². The quantitative estimate of drug-likeness (QED) is 0.893. The van der Waals surface area contributed by atoms with Crippen molar-refractivity contribution in [1.29, 1.82) is 0 Å². The Hall–Kier alpha value is -1.66. The molecular weight excluding hydrogens is 301 g/mol. The molecule has 0 fully saturated rings. The number of thiazole rings is 1. The van der Waals surface area contributed by atoms with Crippen molar-refractivity contribution in [3.05, 3.63) is 39.5 Å². The van der Waals surface area contributed by atoms with Gasteiger partial charge < -0.3 is 10.6 Å². The van der Waals surface area contributed by atoms with Crippen LogP contribution in [-0.4, -0.2) is 17.9 Å². The van der Waals surface area contributed by atoms with Crippen molar-refractivity contribution >= 4 is 39.8 Å². The summed E-state index contributed by atoms with van der Waals surface area (Å²) >= 11 is 7.58. The van der Waals surface area contributed by atoms with Crippen molar-refractivity contribution in [2.75, 3.05) is 17.7 Å². The standard InChI is InChI=1S/C13H11ClFN3OS/c1-16-13-18-12-11(20-13)8(5-10(19)17-12)7-3-2-6(15)4-9(7)14/h2-4,8H,5H2,1H3,(H,16,18)(H,17,19)/t8-/m1/s1. The number of halogens is 2. The fourth-order valence-corrected chi connectivity index (χ4v) is 3.55. The molecule has 0 unspecified atom stereocenters. The monoisotopic (exact) mass is 311 g/mol. The van der Waals surface area contributed by atoms with Gasteiger partial charge in [0.1, 0.15) is 11.6 Å².